The number of aromatic hydroxyl groups is 1. The van der Waals surface area contributed by atoms with Crippen LogP contribution in [0, 0.1) is 4.77 Å². The third-order valence-electron chi connectivity index (χ3n) is 4.28. The summed E-state index contributed by atoms with van der Waals surface area (Å²) in [4.78, 5) is 21.2. The zero-order chi connectivity index (χ0) is 20.0. The summed E-state index contributed by atoms with van der Waals surface area (Å²) in [5.74, 6) is 0.640. The zero-order valence-corrected chi connectivity index (χ0v) is 16.9. The third-order valence-corrected chi connectivity index (χ3v) is 4.60. The molecule has 0 amide bonds. The molecule has 1 aromatic carbocycles. The van der Waals surface area contributed by atoms with E-state index in [1.54, 1.807) is 7.11 Å². The minimum Gasteiger partial charge on any atom is -0.497 e. The average Bonchev–Trinajstić information content (AvgIpc) is 2.64. The molecule has 0 aliphatic heterocycles. The lowest BCUT2D eigenvalue weighted by Crippen LogP contribution is -2.23. The molecule has 0 saturated carbocycles. The van der Waals surface area contributed by atoms with Gasteiger partial charge in [-0.25, -0.2) is 0 Å². The van der Waals surface area contributed by atoms with Crippen LogP contribution in [-0.4, -0.2) is 53.5 Å². The Morgan fingerprint density at radius 1 is 1.37 bits per heavy atom. The number of ether oxygens (including phenoxy) is 1. The van der Waals surface area contributed by atoms with Gasteiger partial charge in [-0.1, -0.05) is 19.1 Å². The fourth-order valence-electron chi connectivity index (χ4n) is 2.76. The van der Waals surface area contributed by atoms with Gasteiger partial charge in [0.1, 0.15) is 11.3 Å². The Kier molecular flexibility index (Phi) is 7.32. The number of aliphatic imine (C=N–C) groups is 1. The van der Waals surface area contributed by atoms with Gasteiger partial charge in [-0.2, -0.15) is 0 Å². The molecule has 0 radical (unpaired) electrons. The SMILES string of the molecule is CCCn1c(O)c(C=NC[C@@H](c2ccc(OC)cc2)N(C)C)c(=O)[nH]c1=S. The van der Waals surface area contributed by atoms with Gasteiger partial charge < -0.3 is 14.7 Å². The summed E-state index contributed by atoms with van der Waals surface area (Å²) in [5.41, 5.74) is 0.752. The van der Waals surface area contributed by atoms with E-state index in [9.17, 15) is 9.90 Å². The number of benzene rings is 1. The van der Waals surface area contributed by atoms with Gasteiger partial charge in [-0.3, -0.25) is 19.3 Å². The lowest BCUT2D eigenvalue weighted by molar-refractivity contribution is 0.306. The van der Waals surface area contributed by atoms with Crippen molar-refractivity contribution in [3.8, 4) is 11.6 Å². The van der Waals surface area contributed by atoms with Crippen molar-refractivity contribution in [2.24, 2.45) is 4.99 Å². The van der Waals surface area contributed by atoms with Gasteiger partial charge in [0.15, 0.2) is 4.77 Å². The molecule has 1 aromatic heterocycles. The Morgan fingerprint density at radius 3 is 2.59 bits per heavy atom. The normalized spacial score (nSPS) is 12.6. The molecule has 0 unspecified atom stereocenters. The number of nitrogens with one attached hydrogen (secondary N) is 1. The smallest absolute Gasteiger partial charge is 0.264 e. The molecule has 0 saturated heterocycles. The molecule has 8 heteroatoms. The van der Waals surface area contributed by atoms with Gasteiger partial charge in [0.05, 0.1) is 19.7 Å². The van der Waals surface area contributed by atoms with Crippen LogP contribution in [0.5, 0.6) is 11.6 Å². The van der Waals surface area contributed by atoms with Gasteiger partial charge in [0, 0.05) is 12.8 Å². The zero-order valence-electron chi connectivity index (χ0n) is 16.1. The van der Waals surface area contributed by atoms with E-state index >= 15 is 0 Å². The Balaban J connectivity index is 2.27. The van der Waals surface area contributed by atoms with Gasteiger partial charge in [0.25, 0.3) is 5.56 Å². The Hall–Kier alpha value is -2.45. The highest BCUT2D eigenvalue weighted by atomic mass is 32.1. The number of hydrogen-bond acceptors (Lipinski definition) is 6. The number of H-pyrrole nitrogens is 1. The second-order valence-electron chi connectivity index (χ2n) is 6.40. The van der Waals surface area contributed by atoms with Crippen LogP contribution in [-0.2, 0) is 6.54 Å². The number of methoxy groups -OCH3 is 1. The number of aromatic nitrogens is 2. The van der Waals surface area contributed by atoms with Crippen LogP contribution in [0.1, 0.15) is 30.5 Å². The van der Waals surface area contributed by atoms with E-state index < -0.39 is 5.56 Å². The molecule has 2 N–H and O–H groups in total. The van der Waals surface area contributed by atoms with E-state index in [-0.39, 0.29) is 22.3 Å². The summed E-state index contributed by atoms with van der Waals surface area (Å²) in [6, 6.07) is 7.81. The maximum Gasteiger partial charge on any atom is 0.264 e. The second-order valence-corrected chi connectivity index (χ2v) is 6.78. The summed E-state index contributed by atoms with van der Waals surface area (Å²) in [5, 5.41) is 10.4. The largest absolute Gasteiger partial charge is 0.497 e. The first-order valence-electron chi connectivity index (χ1n) is 8.75. The minimum atomic E-state index is -0.445. The van der Waals surface area contributed by atoms with E-state index in [1.165, 1.54) is 10.8 Å². The van der Waals surface area contributed by atoms with E-state index in [2.05, 4.69) is 9.98 Å². The van der Waals surface area contributed by atoms with Crippen molar-refractivity contribution in [1.29, 1.82) is 0 Å². The molecule has 1 heterocycles. The van der Waals surface area contributed by atoms with Crippen molar-refractivity contribution in [2.45, 2.75) is 25.9 Å². The van der Waals surface area contributed by atoms with Crippen LogP contribution < -0.4 is 10.3 Å². The first kappa shape index (κ1) is 20.9. The fourth-order valence-corrected chi connectivity index (χ4v) is 3.03. The van der Waals surface area contributed by atoms with Crippen LogP contribution in [0.2, 0.25) is 0 Å². The molecular formula is C19H26N4O3S. The molecule has 0 spiro atoms. The van der Waals surface area contributed by atoms with Gasteiger partial charge in [-0.15, -0.1) is 0 Å². The number of hydrogen-bond donors (Lipinski definition) is 2. The molecule has 0 fully saturated rings. The van der Waals surface area contributed by atoms with Crippen molar-refractivity contribution >= 4 is 18.4 Å². The van der Waals surface area contributed by atoms with Crippen molar-refractivity contribution in [3.63, 3.8) is 0 Å². The monoisotopic (exact) mass is 390 g/mol. The second kappa shape index (κ2) is 9.48. The van der Waals surface area contributed by atoms with E-state index in [0.29, 0.717) is 13.1 Å². The average molecular weight is 391 g/mol. The van der Waals surface area contributed by atoms with Gasteiger partial charge >= 0.3 is 0 Å². The maximum atomic E-state index is 12.2. The van der Waals surface area contributed by atoms with Crippen LogP contribution >= 0.6 is 12.2 Å². The van der Waals surface area contributed by atoms with Gasteiger partial charge in [-0.05, 0) is 50.4 Å². The first-order chi connectivity index (χ1) is 12.9. The van der Waals surface area contributed by atoms with E-state index in [0.717, 1.165) is 17.7 Å². The van der Waals surface area contributed by atoms with Crippen LogP contribution in [0.4, 0.5) is 0 Å². The molecule has 0 aliphatic rings. The van der Waals surface area contributed by atoms with Crippen molar-refractivity contribution < 1.29 is 9.84 Å². The van der Waals surface area contributed by atoms with Crippen LogP contribution in [0.25, 0.3) is 0 Å². The maximum absolute atomic E-state index is 12.2. The van der Waals surface area contributed by atoms with E-state index in [4.69, 9.17) is 17.0 Å². The van der Waals surface area contributed by atoms with Crippen LogP contribution in [0.3, 0.4) is 0 Å². The summed E-state index contributed by atoms with van der Waals surface area (Å²) >= 11 is 5.11. The first-order valence-corrected chi connectivity index (χ1v) is 9.16. The Bertz CT molecular complexity index is 901. The molecule has 0 aliphatic carbocycles. The molecule has 146 valence electrons. The topological polar surface area (TPSA) is 82.8 Å². The summed E-state index contributed by atoms with van der Waals surface area (Å²) in [7, 11) is 5.57. The highest BCUT2D eigenvalue weighted by Crippen LogP contribution is 2.22. The third kappa shape index (κ3) is 5.05. The molecule has 27 heavy (non-hydrogen) atoms. The number of aromatic amines is 1. The summed E-state index contributed by atoms with van der Waals surface area (Å²) in [6.07, 6.45) is 2.19. The van der Waals surface area contributed by atoms with Gasteiger partial charge in [0.2, 0.25) is 5.88 Å². The van der Waals surface area contributed by atoms with Crippen LogP contribution in [0.15, 0.2) is 34.1 Å². The van der Waals surface area contributed by atoms with Crippen molar-refractivity contribution in [1.82, 2.24) is 14.5 Å². The molecule has 0 bridgehead atoms. The summed E-state index contributed by atoms with van der Waals surface area (Å²) < 4.78 is 6.91. The highest BCUT2D eigenvalue weighted by molar-refractivity contribution is 7.71. The quantitative estimate of drug-likeness (QED) is 0.535. The standard InChI is InChI=1S/C19H26N4O3S/c1-5-10-23-18(25)15(17(24)21-19(23)27)11-20-12-16(22(2)3)13-6-8-14(26-4)9-7-13/h6-9,11,16,25H,5,10,12H2,1-4H3,(H,21,24,27)/t16-/m0/s1. The number of nitrogens with zero attached hydrogens (tertiary/aromatic N) is 3. The Morgan fingerprint density at radius 2 is 2.04 bits per heavy atom. The highest BCUT2D eigenvalue weighted by Gasteiger charge is 2.14. The minimum absolute atomic E-state index is 0.0226. The lowest BCUT2D eigenvalue weighted by Gasteiger charge is -2.23. The van der Waals surface area contributed by atoms with E-state index in [1.807, 2.05) is 50.2 Å². The van der Waals surface area contributed by atoms with Crippen molar-refractivity contribution in [2.75, 3.05) is 27.7 Å². The number of rotatable bonds is 8. The molecule has 1 atom stereocenters. The molecular weight excluding hydrogens is 364 g/mol. The predicted octanol–water partition coefficient (Wildman–Crippen LogP) is 2.75. The summed E-state index contributed by atoms with van der Waals surface area (Å²) in [6.45, 7) is 2.92. The van der Waals surface area contributed by atoms with Crippen molar-refractivity contribution in [3.05, 3.63) is 50.5 Å². The predicted molar refractivity (Wildman–Crippen MR) is 110 cm³/mol. The lowest BCUT2D eigenvalue weighted by atomic mass is 10.1. The fraction of sp³-hybridized carbons (Fsp3) is 0.421. The molecule has 7 nitrogen and oxygen atoms in total. The molecule has 2 aromatic rings. The Labute approximate surface area is 164 Å². The number of likely N-dealkylation sites (N-methyl/N-ethyl adjacent to an activating group) is 1. The molecule has 2 rings (SSSR count).